The van der Waals surface area contributed by atoms with Crippen LogP contribution >= 0.6 is 11.3 Å². The number of aromatic nitrogens is 1. The van der Waals surface area contributed by atoms with Crippen LogP contribution in [-0.2, 0) is 4.79 Å². The first-order valence-corrected chi connectivity index (χ1v) is 8.28. The molecule has 2 aromatic rings. The molecule has 5 nitrogen and oxygen atoms in total. The summed E-state index contributed by atoms with van der Waals surface area (Å²) in [5.74, 6) is 1.07. The molecule has 0 fully saturated rings. The topological polar surface area (TPSA) is 66.4 Å². The first-order chi connectivity index (χ1) is 11.2. The zero-order valence-corrected chi connectivity index (χ0v) is 13.9. The van der Waals surface area contributed by atoms with Crippen molar-refractivity contribution in [2.45, 2.75) is 13.3 Å². The van der Waals surface area contributed by atoms with E-state index in [1.807, 2.05) is 23.7 Å². The number of thiazole rings is 1. The highest BCUT2D eigenvalue weighted by molar-refractivity contribution is 7.16. The van der Waals surface area contributed by atoms with Gasteiger partial charge in [0.1, 0.15) is 0 Å². The lowest BCUT2D eigenvalue weighted by Gasteiger charge is -2.25. The summed E-state index contributed by atoms with van der Waals surface area (Å²) in [4.78, 5) is 19.8. The fourth-order valence-electron chi connectivity index (χ4n) is 2.30. The van der Waals surface area contributed by atoms with Crippen LogP contribution in [-0.4, -0.2) is 24.3 Å². The molecule has 1 aromatic carbocycles. The Kier molecular flexibility index (Phi) is 4.52. The van der Waals surface area contributed by atoms with Crippen LogP contribution in [0.1, 0.15) is 18.9 Å². The Labute approximate surface area is 138 Å². The van der Waals surface area contributed by atoms with Crippen molar-refractivity contribution in [3.8, 4) is 0 Å². The summed E-state index contributed by atoms with van der Waals surface area (Å²) >= 11 is 1.58. The second kappa shape index (κ2) is 6.75. The number of benzene rings is 1. The summed E-state index contributed by atoms with van der Waals surface area (Å²) in [7, 11) is 1.69. The first kappa shape index (κ1) is 15.4. The summed E-state index contributed by atoms with van der Waals surface area (Å²) in [6.07, 6.45) is 5.80. The molecular weight excluding hydrogens is 308 g/mol. The molecule has 3 rings (SSSR count). The number of rotatable bonds is 4. The number of guanidine groups is 1. The Morgan fingerprint density at radius 3 is 3.00 bits per heavy atom. The third-order valence-corrected chi connectivity index (χ3v) is 4.57. The smallest absolute Gasteiger partial charge is 0.199 e. The van der Waals surface area contributed by atoms with Crippen LogP contribution in [0.15, 0.2) is 46.2 Å². The number of nitrogens with one attached hydrogen (secondary N) is 2. The van der Waals surface area contributed by atoms with E-state index in [2.05, 4.69) is 33.6 Å². The molecule has 118 valence electrons. The zero-order chi connectivity index (χ0) is 16.2. The molecule has 1 aliphatic rings. The molecule has 0 saturated heterocycles. The maximum Gasteiger partial charge on any atom is 0.199 e. The maximum atomic E-state index is 11.4. The van der Waals surface area contributed by atoms with Crippen LogP contribution in [0.25, 0.3) is 16.3 Å². The molecule has 0 radical (unpaired) electrons. The van der Waals surface area contributed by atoms with Gasteiger partial charge in [-0.3, -0.25) is 9.79 Å². The molecule has 0 bridgehead atoms. The molecule has 6 heteroatoms. The number of allylic oxidation sites excluding steroid dienone is 3. The normalized spacial score (nSPS) is 18.3. The third-order valence-electron chi connectivity index (χ3n) is 3.78. The van der Waals surface area contributed by atoms with E-state index in [0.29, 0.717) is 17.6 Å². The quantitative estimate of drug-likeness (QED) is 0.392. The molecule has 23 heavy (non-hydrogen) atoms. The Morgan fingerprint density at radius 2 is 2.35 bits per heavy atom. The lowest BCUT2D eigenvalue weighted by Crippen LogP contribution is -2.39. The monoisotopic (exact) mass is 326 g/mol. The van der Waals surface area contributed by atoms with Gasteiger partial charge in [0.25, 0.3) is 0 Å². The van der Waals surface area contributed by atoms with Crippen molar-refractivity contribution < 1.29 is 4.79 Å². The molecule has 0 saturated carbocycles. The fourth-order valence-corrected chi connectivity index (χ4v) is 3.03. The number of aldehydes is 1. The first-order valence-electron chi connectivity index (χ1n) is 7.40. The van der Waals surface area contributed by atoms with Crippen molar-refractivity contribution >= 4 is 39.9 Å². The van der Waals surface area contributed by atoms with Gasteiger partial charge in [-0.1, -0.05) is 19.1 Å². The van der Waals surface area contributed by atoms with Crippen LogP contribution in [0.4, 0.5) is 0 Å². The summed E-state index contributed by atoms with van der Waals surface area (Å²) in [5, 5.41) is 6.26. The molecular formula is C17H18N4OS. The zero-order valence-electron chi connectivity index (χ0n) is 13.0. The molecule has 1 aromatic heterocycles. The van der Waals surface area contributed by atoms with Crippen LogP contribution in [0, 0.1) is 5.92 Å². The van der Waals surface area contributed by atoms with Gasteiger partial charge in [-0.05, 0) is 36.1 Å². The highest BCUT2D eigenvalue weighted by Crippen LogP contribution is 2.23. The van der Waals surface area contributed by atoms with Crippen molar-refractivity contribution in [3.63, 3.8) is 0 Å². The number of fused-ring (bicyclic) bond motifs is 1. The molecule has 1 aliphatic carbocycles. The lowest BCUT2D eigenvalue weighted by atomic mass is 9.93. The van der Waals surface area contributed by atoms with E-state index in [1.54, 1.807) is 24.5 Å². The van der Waals surface area contributed by atoms with Crippen LogP contribution in [0.3, 0.4) is 0 Å². The van der Waals surface area contributed by atoms with Crippen LogP contribution < -0.4 is 10.6 Å². The molecule has 0 aliphatic heterocycles. The van der Waals surface area contributed by atoms with E-state index in [1.165, 1.54) is 0 Å². The van der Waals surface area contributed by atoms with Gasteiger partial charge >= 0.3 is 0 Å². The van der Waals surface area contributed by atoms with E-state index >= 15 is 0 Å². The number of carbonyl (C=O) groups excluding carboxylic acids is 1. The van der Waals surface area contributed by atoms with Gasteiger partial charge in [-0.2, -0.15) is 0 Å². The van der Waals surface area contributed by atoms with Crippen molar-refractivity contribution in [2.75, 3.05) is 7.05 Å². The van der Waals surface area contributed by atoms with E-state index in [0.717, 1.165) is 34.2 Å². The standard InChI is InChI=1S/C17H18N4OS/c1-11-3-5-14(11)21-17(18-2)20-13(9-22)7-12-4-6-15-16(8-12)23-10-19-15/h4-11H,3H2,1-2H3,(H2,18,20,21)/b13-7-. The SMILES string of the molecule is CN=C(NC1=CCC1C)N/C(C=O)=C\c1ccc2ncsc2c1. The highest BCUT2D eigenvalue weighted by Gasteiger charge is 2.17. The number of hydrogen-bond acceptors (Lipinski definition) is 4. The predicted molar refractivity (Wildman–Crippen MR) is 95.2 cm³/mol. The van der Waals surface area contributed by atoms with Gasteiger partial charge in [-0.15, -0.1) is 11.3 Å². The molecule has 1 unspecified atom stereocenters. The number of nitrogens with zero attached hydrogens (tertiary/aromatic N) is 2. The van der Waals surface area contributed by atoms with Crippen molar-refractivity contribution in [1.82, 2.24) is 15.6 Å². The van der Waals surface area contributed by atoms with Crippen LogP contribution in [0.2, 0.25) is 0 Å². The Bertz CT molecular complexity index is 819. The highest BCUT2D eigenvalue weighted by atomic mass is 32.1. The summed E-state index contributed by atoms with van der Waals surface area (Å²) < 4.78 is 1.10. The second-order valence-corrected chi connectivity index (χ2v) is 6.30. The Hall–Kier alpha value is -2.47. The fraction of sp³-hybridized carbons (Fsp3) is 0.235. The number of carbonyl (C=O) groups is 1. The maximum absolute atomic E-state index is 11.4. The molecule has 1 atom stereocenters. The van der Waals surface area contributed by atoms with Crippen molar-refractivity contribution in [1.29, 1.82) is 0 Å². The summed E-state index contributed by atoms with van der Waals surface area (Å²) in [6.45, 7) is 2.15. The van der Waals surface area contributed by atoms with Gasteiger partial charge in [0, 0.05) is 12.7 Å². The third kappa shape index (κ3) is 3.48. The van der Waals surface area contributed by atoms with E-state index in [9.17, 15) is 4.79 Å². The number of hydrogen-bond donors (Lipinski definition) is 2. The van der Waals surface area contributed by atoms with Gasteiger partial charge in [-0.25, -0.2) is 4.98 Å². The van der Waals surface area contributed by atoms with Gasteiger partial charge in [0.2, 0.25) is 0 Å². The minimum Gasteiger partial charge on any atom is -0.330 e. The van der Waals surface area contributed by atoms with Crippen molar-refractivity contribution in [3.05, 3.63) is 46.7 Å². The van der Waals surface area contributed by atoms with Crippen LogP contribution in [0.5, 0.6) is 0 Å². The summed E-state index contributed by atoms with van der Waals surface area (Å²) in [5.41, 5.74) is 5.32. The van der Waals surface area contributed by atoms with Gasteiger partial charge < -0.3 is 10.6 Å². The average Bonchev–Trinajstić information content (AvgIpc) is 3.03. The predicted octanol–water partition coefficient (Wildman–Crippen LogP) is 2.92. The van der Waals surface area contributed by atoms with Gasteiger partial charge in [0.15, 0.2) is 12.2 Å². The Balaban J connectivity index is 1.76. The minimum absolute atomic E-state index is 0.453. The second-order valence-electron chi connectivity index (χ2n) is 5.42. The largest absolute Gasteiger partial charge is 0.330 e. The van der Waals surface area contributed by atoms with E-state index < -0.39 is 0 Å². The summed E-state index contributed by atoms with van der Waals surface area (Å²) in [6, 6.07) is 5.92. The molecule has 1 heterocycles. The van der Waals surface area contributed by atoms with E-state index in [-0.39, 0.29) is 0 Å². The van der Waals surface area contributed by atoms with E-state index in [4.69, 9.17) is 0 Å². The van der Waals surface area contributed by atoms with Crippen molar-refractivity contribution in [2.24, 2.45) is 10.9 Å². The average molecular weight is 326 g/mol. The van der Waals surface area contributed by atoms with Gasteiger partial charge in [0.05, 0.1) is 21.4 Å². The molecule has 0 amide bonds. The molecule has 0 spiro atoms. The lowest BCUT2D eigenvalue weighted by molar-refractivity contribution is -0.105. The molecule has 2 N–H and O–H groups in total. The number of aliphatic imine (C=N–C) groups is 1. The minimum atomic E-state index is 0.453. The Morgan fingerprint density at radius 1 is 1.48 bits per heavy atom.